The average Bonchev–Trinajstić information content (AvgIpc) is 3.12. The van der Waals surface area contributed by atoms with Gasteiger partial charge in [0.05, 0.1) is 0 Å². The van der Waals surface area contributed by atoms with Gasteiger partial charge in [0.2, 0.25) is 0 Å². The topological polar surface area (TPSA) is 78.6 Å². The van der Waals surface area contributed by atoms with Gasteiger partial charge >= 0.3 is 8.80 Å². The Kier molecular flexibility index (Phi) is 7.98. The third-order valence-electron chi connectivity index (χ3n) is 4.98. The second-order valence-corrected chi connectivity index (χ2v) is 9.72. The van der Waals surface area contributed by atoms with E-state index in [1.165, 1.54) is 5.56 Å². The molecule has 0 spiro atoms. The fourth-order valence-corrected chi connectivity index (χ4v) is 6.49. The summed E-state index contributed by atoms with van der Waals surface area (Å²) >= 11 is 0. The zero-order valence-corrected chi connectivity index (χ0v) is 19.0. The Balaban J connectivity index is 1.72. The molecular weight excluding hydrogens is 398 g/mol. The number of benzene rings is 2. The summed E-state index contributed by atoms with van der Waals surface area (Å²) in [6, 6.07) is 15.0. The summed E-state index contributed by atoms with van der Waals surface area (Å²) in [5, 5.41) is 17.8. The molecule has 1 heterocycles. The van der Waals surface area contributed by atoms with Gasteiger partial charge in [0.25, 0.3) is 0 Å². The molecule has 0 radical (unpaired) electrons. The SMILES string of the molecule is CCO[Si](CCCCc1ccccc1-c1cccc2nn(O)nc12)(OCC)OCC. The molecule has 30 heavy (non-hydrogen) atoms. The van der Waals surface area contributed by atoms with Gasteiger partial charge in [-0.05, 0) is 62.2 Å². The van der Waals surface area contributed by atoms with Crippen molar-refractivity contribution in [3.05, 3.63) is 48.0 Å². The van der Waals surface area contributed by atoms with Crippen molar-refractivity contribution in [1.82, 2.24) is 15.2 Å². The van der Waals surface area contributed by atoms with Crippen LogP contribution in [0.5, 0.6) is 0 Å². The van der Waals surface area contributed by atoms with Gasteiger partial charge < -0.3 is 18.5 Å². The Bertz CT molecular complexity index is 930. The summed E-state index contributed by atoms with van der Waals surface area (Å²) < 4.78 is 17.9. The van der Waals surface area contributed by atoms with E-state index in [-0.39, 0.29) is 0 Å². The van der Waals surface area contributed by atoms with Crippen molar-refractivity contribution in [2.45, 2.75) is 46.1 Å². The lowest BCUT2D eigenvalue weighted by molar-refractivity contribution is 0.0707. The molecule has 0 saturated carbocycles. The first-order chi connectivity index (χ1) is 14.6. The number of rotatable bonds is 12. The minimum atomic E-state index is -2.59. The molecule has 7 nitrogen and oxygen atoms in total. The quantitative estimate of drug-likeness (QED) is 0.255. The maximum atomic E-state index is 9.64. The van der Waals surface area contributed by atoms with E-state index in [1.54, 1.807) is 0 Å². The van der Waals surface area contributed by atoms with Crippen LogP contribution < -0.4 is 0 Å². The van der Waals surface area contributed by atoms with Crippen molar-refractivity contribution < 1.29 is 18.5 Å². The molecule has 0 aliphatic rings. The van der Waals surface area contributed by atoms with Crippen molar-refractivity contribution in [3.63, 3.8) is 0 Å². The van der Waals surface area contributed by atoms with Crippen LogP contribution in [-0.2, 0) is 19.7 Å². The zero-order chi connectivity index (χ0) is 21.4. The molecule has 0 unspecified atom stereocenters. The summed E-state index contributed by atoms with van der Waals surface area (Å²) in [5.74, 6) is 0. The molecule has 1 N–H and O–H groups in total. The van der Waals surface area contributed by atoms with Gasteiger partial charge in [-0.25, -0.2) is 0 Å². The maximum Gasteiger partial charge on any atom is 0.500 e. The molecule has 3 aromatic rings. The minimum Gasteiger partial charge on any atom is -0.396 e. The largest absolute Gasteiger partial charge is 0.500 e. The normalized spacial score (nSPS) is 12.0. The highest BCUT2D eigenvalue weighted by Crippen LogP contribution is 2.30. The molecule has 3 rings (SSSR count). The lowest BCUT2D eigenvalue weighted by Gasteiger charge is -2.28. The van der Waals surface area contributed by atoms with Gasteiger partial charge in [0.1, 0.15) is 11.0 Å². The van der Waals surface area contributed by atoms with Gasteiger partial charge in [0, 0.05) is 31.4 Å². The highest BCUT2D eigenvalue weighted by atomic mass is 28.4. The lowest BCUT2D eigenvalue weighted by atomic mass is 9.95. The fourth-order valence-electron chi connectivity index (χ4n) is 3.80. The first kappa shape index (κ1) is 22.4. The van der Waals surface area contributed by atoms with Crippen molar-refractivity contribution >= 4 is 19.8 Å². The summed E-state index contributed by atoms with van der Waals surface area (Å²) in [6.07, 6.45) is 2.90. The molecule has 162 valence electrons. The van der Waals surface area contributed by atoms with Gasteiger partial charge in [-0.3, -0.25) is 0 Å². The summed E-state index contributed by atoms with van der Waals surface area (Å²) in [6.45, 7) is 7.76. The molecule has 8 heteroatoms. The number of unbranched alkanes of at least 4 members (excludes halogenated alkanes) is 1. The number of aromatic nitrogens is 3. The Morgan fingerprint density at radius 2 is 1.50 bits per heavy atom. The lowest BCUT2D eigenvalue weighted by Crippen LogP contribution is -2.45. The zero-order valence-electron chi connectivity index (χ0n) is 18.0. The van der Waals surface area contributed by atoms with Crippen LogP contribution in [0.4, 0.5) is 0 Å². The highest BCUT2D eigenvalue weighted by molar-refractivity contribution is 6.60. The molecule has 0 bridgehead atoms. The van der Waals surface area contributed by atoms with Crippen LogP contribution in [0, 0.1) is 0 Å². The first-order valence-electron chi connectivity index (χ1n) is 10.7. The standard InChI is InChI=1S/C22H31N3O4Si/c1-4-27-30(28-5-2,29-6-3)17-10-9-13-18-12-7-8-14-19(18)20-15-11-16-21-22(20)24-25(26)23-21/h7-8,11-12,14-16,26H,4-6,9-10,13,17H2,1-3H3. The van der Waals surface area contributed by atoms with E-state index in [0.717, 1.165) is 36.4 Å². The smallest absolute Gasteiger partial charge is 0.396 e. The second kappa shape index (κ2) is 10.7. The van der Waals surface area contributed by atoms with E-state index >= 15 is 0 Å². The highest BCUT2D eigenvalue weighted by Gasteiger charge is 2.39. The van der Waals surface area contributed by atoms with Crippen LogP contribution in [0.15, 0.2) is 42.5 Å². The predicted molar refractivity (Wildman–Crippen MR) is 119 cm³/mol. The number of hydrogen-bond donors (Lipinski definition) is 1. The van der Waals surface area contributed by atoms with Crippen LogP contribution in [0.3, 0.4) is 0 Å². The van der Waals surface area contributed by atoms with Gasteiger partial charge in [0.15, 0.2) is 0 Å². The van der Waals surface area contributed by atoms with E-state index < -0.39 is 8.80 Å². The van der Waals surface area contributed by atoms with Crippen molar-refractivity contribution in [1.29, 1.82) is 0 Å². The molecule has 0 saturated heterocycles. The summed E-state index contributed by atoms with van der Waals surface area (Å²) in [7, 11) is -2.59. The van der Waals surface area contributed by atoms with Crippen LogP contribution in [0.1, 0.15) is 39.2 Å². The number of hydrogen-bond acceptors (Lipinski definition) is 6. The number of fused-ring (bicyclic) bond motifs is 1. The molecule has 0 amide bonds. The summed E-state index contributed by atoms with van der Waals surface area (Å²) in [5.41, 5.74) is 4.71. The Morgan fingerprint density at radius 1 is 0.833 bits per heavy atom. The third-order valence-corrected chi connectivity index (χ3v) is 8.13. The van der Waals surface area contributed by atoms with E-state index in [9.17, 15) is 5.21 Å². The first-order valence-corrected chi connectivity index (χ1v) is 12.6. The van der Waals surface area contributed by atoms with Gasteiger partial charge in [-0.1, -0.05) is 36.4 Å². The van der Waals surface area contributed by atoms with Crippen molar-refractivity contribution in [2.24, 2.45) is 0 Å². The Labute approximate surface area is 178 Å². The average molecular weight is 430 g/mol. The van der Waals surface area contributed by atoms with Gasteiger partial charge in [-0.2, -0.15) is 0 Å². The fraction of sp³-hybridized carbons (Fsp3) is 0.455. The summed E-state index contributed by atoms with van der Waals surface area (Å²) in [4.78, 5) is 0.635. The molecule has 0 fully saturated rings. The maximum absolute atomic E-state index is 9.64. The third kappa shape index (κ3) is 5.26. The molecule has 2 aromatic carbocycles. The number of nitrogens with zero attached hydrogens (tertiary/aromatic N) is 3. The van der Waals surface area contributed by atoms with Crippen LogP contribution >= 0.6 is 0 Å². The van der Waals surface area contributed by atoms with E-state index in [4.69, 9.17) is 13.3 Å². The monoisotopic (exact) mass is 429 g/mol. The van der Waals surface area contributed by atoms with Gasteiger partial charge in [-0.15, -0.1) is 10.2 Å². The Morgan fingerprint density at radius 3 is 2.20 bits per heavy atom. The van der Waals surface area contributed by atoms with Crippen LogP contribution in [0.25, 0.3) is 22.2 Å². The van der Waals surface area contributed by atoms with E-state index in [2.05, 4.69) is 28.4 Å². The van der Waals surface area contributed by atoms with Crippen molar-refractivity contribution in [2.75, 3.05) is 19.8 Å². The van der Waals surface area contributed by atoms with E-state index in [0.29, 0.717) is 35.8 Å². The van der Waals surface area contributed by atoms with Crippen molar-refractivity contribution in [3.8, 4) is 11.1 Å². The number of aryl methyl sites for hydroxylation is 1. The Hall–Kier alpha value is -2.26. The molecular formula is C22H31N3O4Si. The molecule has 0 aliphatic heterocycles. The predicted octanol–water partition coefficient (Wildman–Crippen LogP) is 4.71. The molecule has 0 atom stereocenters. The molecule has 1 aromatic heterocycles. The van der Waals surface area contributed by atoms with E-state index in [1.807, 2.05) is 45.0 Å². The molecule has 0 aliphatic carbocycles. The van der Waals surface area contributed by atoms with Crippen LogP contribution in [-0.4, -0.2) is 49.0 Å². The van der Waals surface area contributed by atoms with Crippen LogP contribution in [0.2, 0.25) is 6.04 Å². The minimum absolute atomic E-state index is 0.602. The second-order valence-electron chi connectivity index (χ2n) is 6.99.